The summed E-state index contributed by atoms with van der Waals surface area (Å²) < 4.78 is 1.05. The fourth-order valence-electron chi connectivity index (χ4n) is 1.97. The molecule has 1 saturated heterocycles. The van der Waals surface area contributed by atoms with Gasteiger partial charge in [-0.1, -0.05) is 15.9 Å². The molecule has 0 spiro atoms. The van der Waals surface area contributed by atoms with Crippen LogP contribution in [0.5, 0.6) is 5.75 Å². The lowest BCUT2D eigenvalue weighted by Crippen LogP contribution is -2.45. The lowest BCUT2D eigenvalue weighted by Gasteiger charge is -2.14. The summed E-state index contributed by atoms with van der Waals surface area (Å²) in [6.07, 6.45) is 1.34. The number of halogens is 2. The van der Waals surface area contributed by atoms with E-state index < -0.39 is 35.6 Å². The Bertz CT molecular complexity index is 842. The molecule has 1 aromatic carbocycles. The predicted molar refractivity (Wildman–Crippen MR) is 101 cm³/mol. The van der Waals surface area contributed by atoms with Crippen LogP contribution >= 0.6 is 43.6 Å². The monoisotopic (exact) mass is 506 g/mol. The maximum Gasteiger partial charge on any atom is 0.325 e. The van der Waals surface area contributed by atoms with E-state index in [4.69, 9.17) is 5.11 Å². The maximum atomic E-state index is 12.4. The minimum absolute atomic E-state index is 0.0365. The van der Waals surface area contributed by atoms with Crippen LogP contribution in [0.1, 0.15) is 12.5 Å². The minimum Gasteiger partial charge on any atom is -0.506 e. The molecular formula is C15H12Br2N2O6S. The quantitative estimate of drug-likeness (QED) is 0.523. The van der Waals surface area contributed by atoms with E-state index in [9.17, 15) is 24.3 Å². The van der Waals surface area contributed by atoms with Crippen molar-refractivity contribution in [2.24, 2.45) is 0 Å². The van der Waals surface area contributed by atoms with Gasteiger partial charge in [0, 0.05) is 10.0 Å². The molecule has 0 bridgehead atoms. The SMILES string of the molecule is CC(NC(=O)CN1C(=O)S/C(=C\c2cc(Br)cc(Br)c2O)C1=O)C(=O)O. The van der Waals surface area contributed by atoms with E-state index in [1.54, 1.807) is 12.1 Å². The molecule has 0 aromatic heterocycles. The molecule has 1 heterocycles. The summed E-state index contributed by atoms with van der Waals surface area (Å²) in [6.45, 7) is 0.676. The minimum atomic E-state index is -1.23. The van der Waals surface area contributed by atoms with E-state index in [0.717, 1.165) is 0 Å². The number of carboxylic acids is 1. The fraction of sp³-hybridized carbons (Fsp3) is 0.200. The number of nitrogens with zero attached hydrogens (tertiary/aromatic N) is 1. The molecule has 8 nitrogen and oxygen atoms in total. The molecule has 3 amide bonds. The second-order valence-corrected chi connectivity index (χ2v) is 7.98. The van der Waals surface area contributed by atoms with E-state index in [-0.39, 0.29) is 10.7 Å². The van der Waals surface area contributed by atoms with Gasteiger partial charge in [-0.15, -0.1) is 0 Å². The molecule has 26 heavy (non-hydrogen) atoms. The van der Waals surface area contributed by atoms with Gasteiger partial charge in [0.05, 0.1) is 9.38 Å². The number of phenols is 1. The van der Waals surface area contributed by atoms with Crippen molar-refractivity contribution < 1.29 is 29.4 Å². The van der Waals surface area contributed by atoms with Gasteiger partial charge < -0.3 is 15.5 Å². The van der Waals surface area contributed by atoms with Gasteiger partial charge in [-0.3, -0.25) is 24.1 Å². The first-order chi connectivity index (χ1) is 12.1. The van der Waals surface area contributed by atoms with Crippen molar-refractivity contribution >= 4 is 72.7 Å². The Morgan fingerprint density at radius 3 is 2.62 bits per heavy atom. The molecule has 1 aromatic rings. The topological polar surface area (TPSA) is 124 Å². The number of aliphatic carboxylic acids is 1. The molecule has 3 N–H and O–H groups in total. The Labute approximate surface area is 168 Å². The van der Waals surface area contributed by atoms with E-state index in [1.807, 2.05) is 0 Å². The molecule has 1 unspecified atom stereocenters. The summed E-state index contributed by atoms with van der Waals surface area (Å²) in [6, 6.07) is 2.04. The molecule has 0 saturated carbocycles. The second-order valence-electron chi connectivity index (χ2n) is 5.22. The van der Waals surface area contributed by atoms with Crippen LogP contribution in [0, 0.1) is 0 Å². The Hall–Kier alpha value is -1.85. The second kappa shape index (κ2) is 8.23. The van der Waals surface area contributed by atoms with Crippen LogP contribution in [0.2, 0.25) is 0 Å². The Morgan fingerprint density at radius 2 is 2.00 bits per heavy atom. The smallest absolute Gasteiger partial charge is 0.325 e. The summed E-state index contributed by atoms with van der Waals surface area (Å²) >= 11 is 7.06. The summed E-state index contributed by atoms with van der Waals surface area (Å²) in [4.78, 5) is 47.7. The first-order valence-corrected chi connectivity index (χ1v) is 9.46. The zero-order valence-electron chi connectivity index (χ0n) is 13.2. The molecule has 1 aliphatic rings. The largest absolute Gasteiger partial charge is 0.506 e. The number of amides is 3. The Morgan fingerprint density at radius 1 is 1.35 bits per heavy atom. The Balaban J connectivity index is 2.19. The third kappa shape index (κ3) is 4.65. The van der Waals surface area contributed by atoms with Gasteiger partial charge in [0.15, 0.2) is 0 Å². The lowest BCUT2D eigenvalue weighted by molar-refractivity contribution is -0.141. The number of benzene rings is 1. The third-order valence-electron chi connectivity index (χ3n) is 3.27. The van der Waals surface area contributed by atoms with E-state index >= 15 is 0 Å². The number of carbonyl (C=O) groups excluding carboxylic acids is 3. The summed E-state index contributed by atoms with van der Waals surface area (Å²) in [7, 11) is 0. The van der Waals surface area contributed by atoms with Gasteiger partial charge in [0.2, 0.25) is 5.91 Å². The standard InChI is InChI=1S/C15H12Br2N2O6S/c1-6(14(23)24)18-11(20)5-19-13(22)10(26-15(19)25)3-7-2-8(16)4-9(17)12(7)21/h2-4,6,21H,5H2,1H3,(H,18,20)(H,23,24)/b10-3-. The number of thioether (sulfide) groups is 1. The highest BCUT2D eigenvalue weighted by Crippen LogP contribution is 2.37. The summed E-state index contributed by atoms with van der Waals surface area (Å²) in [5, 5.41) is 20.3. The number of hydrogen-bond acceptors (Lipinski definition) is 6. The first kappa shape index (κ1) is 20.5. The van der Waals surface area contributed by atoms with Crippen LogP contribution < -0.4 is 5.32 Å². The highest BCUT2D eigenvalue weighted by atomic mass is 79.9. The predicted octanol–water partition coefficient (Wildman–Crippen LogP) is 2.54. The molecule has 11 heteroatoms. The number of imide groups is 1. The normalized spacial score (nSPS) is 16.9. The zero-order valence-corrected chi connectivity index (χ0v) is 17.1. The number of carbonyl (C=O) groups is 4. The van der Waals surface area contributed by atoms with Crippen LogP contribution in [0.25, 0.3) is 6.08 Å². The van der Waals surface area contributed by atoms with Gasteiger partial charge in [0.25, 0.3) is 11.1 Å². The molecule has 1 aliphatic heterocycles. The van der Waals surface area contributed by atoms with Gasteiger partial charge in [-0.2, -0.15) is 0 Å². The Kier molecular flexibility index (Phi) is 6.48. The van der Waals surface area contributed by atoms with Gasteiger partial charge in [-0.05, 0) is 52.8 Å². The number of aromatic hydroxyl groups is 1. The summed E-state index contributed by atoms with van der Waals surface area (Å²) in [5.74, 6) is -2.80. The first-order valence-electron chi connectivity index (χ1n) is 7.05. The van der Waals surface area contributed by atoms with Crippen LogP contribution in [-0.2, 0) is 14.4 Å². The summed E-state index contributed by atoms with van der Waals surface area (Å²) in [5.41, 5.74) is 0.306. The number of hydrogen-bond donors (Lipinski definition) is 3. The van der Waals surface area contributed by atoms with Crippen molar-refractivity contribution in [2.45, 2.75) is 13.0 Å². The average molecular weight is 508 g/mol. The number of rotatable bonds is 5. The molecule has 138 valence electrons. The molecule has 2 rings (SSSR count). The van der Waals surface area contributed by atoms with Crippen molar-refractivity contribution in [2.75, 3.05) is 6.54 Å². The van der Waals surface area contributed by atoms with E-state index in [0.29, 0.717) is 31.2 Å². The maximum absolute atomic E-state index is 12.4. The fourth-order valence-corrected chi connectivity index (χ4v) is 4.05. The van der Waals surface area contributed by atoms with Gasteiger partial charge in [-0.25, -0.2) is 0 Å². The van der Waals surface area contributed by atoms with Crippen molar-refractivity contribution in [3.8, 4) is 5.75 Å². The zero-order chi connectivity index (χ0) is 19.6. The van der Waals surface area contributed by atoms with Gasteiger partial charge >= 0.3 is 5.97 Å². The molecule has 1 atom stereocenters. The van der Waals surface area contributed by atoms with Crippen molar-refractivity contribution in [1.29, 1.82) is 0 Å². The van der Waals surface area contributed by atoms with Crippen LogP contribution in [0.4, 0.5) is 4.79 Å². The van der Waals surface area contributed by atoms with E-state index in [2.05, 4.69) is 37.2 Å². The molecule has 1 fully saturated rings. The molecular weight excluding hydrogens is 496 g/mol. The number of nitrogens with one attached hydrogen (secondary N) is 1. The van der Waals surface area contributed by atoms with Crippen molar-refractivity contribution in [3.63, 3.8) is 0 Å². The van der Waals surface area contributed by atoms with E-state index in [1.165, 1.54) is 13.0 Å². The molecule has 0 aliphatic carbocycles. The van der Waals surface area contributed by atoms with Crippen molar-refractivity contribution in [1.82, 2.24) is 10.2 Å². The van der Waals surface area contributed by atoms with Crippen LogP contribution in [0.15, 0.2) is 26.0 Å². The number of phenolic OH excluding ortho intramolecular Hbond substituents is 1. The van der Waals surface area contributed by atoms with Crippen LogP contribution in [-0.4, -0.2) is 50.7 Å². The lowest BCUT2D eigenvalue weighted by atomic mass is 10.2. The van der Waals surface area contributed by atoms with Crippen molar-refractivity contribution in [3.05, 3.63) is 31.5 Å². The number of carboxylic acid groups (broad SMARTS) is 1. The highest BCUT2D eigenvalue weighted by molar-refractivity contribution is 9.11. The molecule has 0 radical (unpaired) electrons. The highest BCUT2D eigenvalue weighted by Gasteiger charge is 2.36. The van der Waals surface area contributed by atoms with Gasteiger partial charge in [0.1, 0.15) is 18.3 Å². The third-order valence-corrected chi connectivity index (χ3v) is 5.24. The van der Waals surface area contributed by atoms with Crippen LogP contribution in [0.3, 0.4) is 0 Å². The average Bonchev–Trinajstić information content (AvgIpc) is 2.79.